The van der Waals surface area contributed by atoms with Crippen LogP contribution in [0.1, 0.15) is 79.6 Å². The number of hydrogen-bond donors (Lipinski definition) is 5. The third kappa shape index (κ3) is 30.0. The van der Waals surface area contributed by atoms with Crippen LogP contribution in [0.3, 0.4) is 0 Å². The molecule has 0 saturated carbocycles. The highest BCUT2D eigenvalue weighted by Crippen LogP contribution is 2.13. The van der Waals surface area contributed by atoms with Crippen LogP contribution in [0.4, 0.5) is 0 Å². The van der Waals surface area contributed by atoms with E-state index < -0.39 is 23.6 Å². The summed E-state index contributed by atoms with van der Waals surface area (Å²) in [5, 5.41) is 12.1. The Labute approximate surface area is 248 Å². The van der Waals surface area contributed by atoms with Gasteiger partial charge in [0.1, 0.15) is 0 Å². The van der Waals surface area contributed by atoms with Crippen LogP contribution in [-0.4, -0.2) is 71.2 Å². The molecule has 2 atom stereocenters. The minimum atomic E-state index is -0.650. The lowest BCUT2D eigenvalue weighted by Gasteiger charge is -2.07. The molecule has 0 spiro atoms. The fraction of sp³-hybridized carbons (Fsp3) is 0.571. The molecule has 0 aromatic heterocycles. The van der Waals surface area contributed by atoms with Gasteiger partial charge < -0.3 is 16.2 Å². The van der Waals surface area contributed by atoms with Crippen molar-refractivity contribution in [3.05, 3.63) is 29.3 Å². The predicted octanol–water partition coefficient (Wildman–Crippen LogP) is 2.56. The monoisotopic (exact) mass is 587 g/mol. The Balaban J connectivity index is 0. The van der Waals surface area contributed by atoms with Crippen LogP contribution < -0.4 is 21.5 Å². The van der Waals surface area contributed by atoms with Crippen molar-refractivity contribution in [1.82, 2.24) is 21.5 Å². The fourth-order valence-electron chi connectivity index (χ4n) is 2.96. The largest absolute Gasteiger partial charge is 0.394 e. The highest BCUT2D eigenvalue weighted by molar-refractivity contribution is 6.24. The zero-order valence-electron chi connectivity index (χ0n) is 25.5. The number of nitrogens with one attached hydrogen (secondary N) is 5. The van der Waals surface area contributed by atoms with Crippen LogP contribution in [-0.2, 0) is 19.2 Å². The van der Waals surface area contributed by atoms with Crippen molar-refractivity contribution in [2.24, 2.45) is 22.0 Å². The topological polar surface area (TPSA) is 215 Å². The van der Waals surface area contributed by atoms with E-state index in [0.29, 0.717) is 18.1 Å². The third-order valence-corrected chi connectivity index (χ3v) is 5.29. The van der Waals surface area contributed by atoms with Gasteiger partial charge in [-0.05, 0) is 71.1 Å². The van der Waals surface area contributed by atoms with Crippen LogP contribution >= 0.6 is 0 Å². The van der Waals surface area contributed by atoms with Gasteiger partial charge in [-0.25, -0.2) is 10.9 Å². The highest BCUT2D eigenvalue weighted by atomic mass is 16.2. The summed E-state index contributed by atoms with van der Waals surface area (Å²) < 4.78 is 0. The first-order valence-electron chi connectivity index (χ1n) is 13.7. The maximum Gasteiger partial charge on any atom is 0.394 e. The van der Waals surface area contributed by atoms with Crippen LogP contribution in [0.25, 0.3) is 5.53 Å². The smallest absolute Gasteiger partial charge is 0.361 e. The van der Waals surface area contributed by atoms with Gasteiger partial charge in [0.25, 0.3) is 11.8 Å². The van der Waals surface area contributed by atoms with Crippen molar-refractivity contribution in [1.29, 1.82) is 5.53 Å². The Morgan fingerprint density at radius 2 is 1.38 bits per heavy atom. The van der Waals surface area contributed by atoms with Gasteiger partial charge in [0.05, 0.1) is 23.4 Å². The van der Waals surface area contributed by atoms with Crippen molar-refractivity contribution in [3.63, 3.8) is 0 Å². The Bertz CT molecular complexity index is 1050. The minimum absolute atomic E-state index is 0.196. The fourth-order valence-corrected chi connectivity index (χ4v) is 2.96. The first-order valence-corrected chi connectivity index (χ1v) is 13.7. The number of rotatable bonds is 19. The summed E-state index contributed by atoms with van der Waals surface area (Å²) >= 11 is 0. The Morgan fingerprint density at radius 3 is 1.83 bits per heavy atom. The predicted molar refractivity (Wildman–Crippen MR) is 163 cm³/mol. The molecule has 0 radical (unpaired) electrons. The molecule has 0 aromatic carbocycles. The molecule has 2 unspecified atom stereocenters. The van der Waals surface area contributed by atoms with E-state index in [9.17, 15) is 19.2 Å². The summed E-state index contributed by atoms with van der Waals surface area (Å²) in [5.74, 6) is -1.12. The van der Waals surface area contributed by atoms with Crippen molar-refractivity contribution >= 4 is 48.5 Å². The summed E-state index contributed by atoms with van der Waals surface area (Å²) in [4.78, 5) is 49.7. The molecule has 14 heteroatoms. The van der Waals surface area contributed by atoms with E-state index in [4.69, 9.17) is 11.1 Å². The van der Waals surface area contributed by atoms with E-state index in [1.165, 1.54) is 11.1 Å². The number of hydrogen-bond acceptors (Lipinski definition) is 7. The van der Waals surface area contributed by atoms with E-state index >= 15 is 0 Å². The molecule has 0 rings (SSSR count). The number of carbonyl (C=O) groups is 4. The molecular formula is C28H47N10O4+. The number of hydrazone groups is 2. The molecule has 0 aliphatic carbocycles. The molecule has 5 N–H and O–H groups in total. The maximum absolute atomic E-state index is 11.3. The number of carbonyl (C=O) groups excluding carboxylic acids is 4. The van der Waals surface area contributed by atoms with E-state index in [-0.39, 0.29) is 13.1 Å². The van der Waals surface area contributed by atoms with Gasteiger partial charge in [-0.2, -0.15) is 15.0 Å². The molecule has 0 fully saturated rings. The lowest BCUT2D eigenvalue weighted by Crippen LogP contribution is -2.35. The lowest BCUT2D eigenvalue weighted by atomic mass is 10.00. The Morgan fingerprint density at radius 1 is 0.881 bits per heavy atom. The molecule has 0 aromatic rings. The Kier molecular flexibility index (Phi) is 25.1. The minimum Gasteiger partial charge on any atom is -0.361 e. The van der Waals surface area contributed by atoms with Gasteiger partial charge in [0.2, 0.25) is 0 Å². The molecule has 0 bridgehead atoms. The average Bonchev–Trinajstić information content (AvgIpc) is 2.91. The maximum atomic E-state index is 11.3. The van der Waals surface area contributed by atoms with Gasteiger partial charge in [0.15, 0.2) is 0 Å². The van der Waals surface area contributed by atoms with Gasteiger partial charge in [-0.3, -0.25) is 19.2 Å². The summed E-state index contributed by atoms with van der Waals surface area (Å²) in [5.41, 5.74) is 21.7. The Hall–Kier alpha value is -4.54. The summed E-state index contributed by atoms with van der Waals surface area (Å²) in [6, 6.07) is 0. The molecule has 0 saturated heterocycles. The van der Waals surface area contributed by atoms with E-state index in [1.54, 1.807) is 12.4 Å². The molecule has 0 aliphatic rings. The SMILES string of the molecule is C=C(C)CCCC(C)C/C=N/NC(=O)CNC(=O)C=[N+]=[N-].CC(C)=CCCC(C)C/C=N/NC(=O)CNC(=O)C=[N+]=N. The molecule has 0 aliphatic heterocycles. The molecular weight excluding hydrogens is 540 g/mol. The third-order valence-electron chi connectivity index (χ3n) is 5.29. The van der Waals surface area contributed by atoms with Gasteiger partial charge in [-0.15, -0.1) is 6.58 Å². The van der Waals surface area contributed by atoms with Gasteiger partial charge in [-0.1, -0.05) is 37.5 Å². The van der Waals surface area contributed by atoms with Gasteiger partial charge >= 0.3 is 24.2 Å². The number of amides is 4. The van der Waals surface area contributed by atoms with Crippen molar-refractivity contribution in [2.75, 3.05) is 13.1 Å². The molecule has 232 valence electrons. The average molecular weight is 588 g/mol. The lowest BCUT2D eigenvalue weighted by molar-refractivity contribution is -0.133. The summed E-state index contributed by atoms with van der Waals surface area (Å²) in [6.45, 7) is 13.9. The molecule has 14 nitrogen and oxygen atoms in total. The van der Waals surface area contributed by atoms with E-state index in [1.807, 2.05) is 6.92 Å². The summed E-state index contributed by atoms with van der Waals surface area (Å²) in [6.07, 6.45) is 13.9. The summed E-state index contributed by atoms with van der Waals surface area (Å²) in [7, 11) is 0. The zero-order valence-corrected chi connectivity index (χ0v) is 25.5. The molecule has 0 heterocycles. The normalized spacial score (nSPS) is 11.5. The molecule has 4 amide bonds. The van der Waals surface area contributed by atoms with Gasteiger partial charge in [0, 0.05) is 12.4 Å². The van der Waals surface area contributed by atoms with Crippen molar-refractivity contribution in [2.45, 2.75) is 79.6 Å². The quantitative estimate of drug-likeness (QED) is 0.0506. The number of nitrogens with zero attached hydrogens (tertiary/aromatic N) is 5. The zero-order chi connectivity index (χ0) is 32.2. The van der Waals surface area contributed by atoms with Crippen LogP contribution in [0.15, 0.2) is 34.0 Å². The van der Waals surface area contributed by atoms with Crippen molar-refractivity contribution in [3.8, 4) is 0 Å². The van der Waals surface area contributed by atoms with E-state index in [2.05, 4.69) is 81.6 Å². The van der Waals surface area contributed by atoms with Crippen LogP contribution in [0, 0.1) is 17.4 Å². The highest BCUT2D eigenvalue weighted by Gasteiger charge is 2.06. The van der Waals surface area contributed by atoms with E-state index in [0.717, 1.165) is 51.2 Å². The standard InChI is InChI=1S/2C14H23N5O2/c2*1-11(2)5-4-6-12(3)7-8-18-19-14(21)9-16-13(20)10-17-15/h5,8,10,12,15H,4,6-7,9H2,1-3H3,(H-,16,19,20,21);8,10,12H,1,4-7,9H2,2-3H3,(H,16,20)(H,19,21)/p+1/b2*18-8+. The number of allylic oxidation sites excluding steroid dienone is 3. The first kappa shape index (κ1) is 39.6. The second-order valence-electron chi connectivity index (χ2n) is 10.0. The second kappa shape index (κ2) is 26.7. The molecule has 42 heavy (non-hydrogen) atoms. The van der Waals surface area contributed by atoms with Crippen LogP contribution in [0.2, 0.25) is 0 Å². The first-order chi connectivity index (χ1) is 19.9. The van der Waals surface area contributed by atoms with Crippen LogP contribution in [0.5, 0.6) is 0 Å². The van der Waals surface area contributed by atoms with Crippen molar-refractivity contribution < 1.29 is 28.8 Å². The second-order valence-corrected chi connectivity index (χ2v) is 10.0.